The third-order valence-electron chi connectivity index (χ3n) is 4.36. The average Bonchev–Trinajstić information content (AvgIpc) is 2.61. The molecule has 1 aromatic rings. The summed E-state index contributed by atoms with van der Waals surface area (Å²) in [5, 5.41) is 7.77. The molecule has 1 saturated heterocycles. The van der Waals surface area contributed by atoms with E-state index >= 15 is 0 Å². The molecular formula is C20H30FN5O3. The highest BCUT2D eigenvalue weighted by Crippen LogP contribution is 2.09. The van der Waals surface area contributed by atoms with Crippen LogP contribution in [0.1, 0.15) is 27.2 Å². The van der Waals surface area contributed by atoms with Crippen LogP contribution in [0.5, 0.6) is 0 Å². The summed E-state index contributed by atoms with van der Waals surface area (Å²) in [4.78, 5) is 39.9. The molecule has 160 valence electrons. The molecule has 29 heavy (non-hydrogen) atoms. The van der Waals surface area contributed by atoms with Crippen molar-refractivity contribution in [3.8, 4) is 0 Å². The molecule has 0 saturated carbocycles. The quantitative estimate of drug-likeness (QED) is 0.663. The van der Waals surface area contributed by atoms with E-state index in [0.717, 1.165) is 13.1 Å². The van der Waals surface area contributed by atoms with Crippen LogP contribution < -0.4 is 16.0 Å². The number of anilines is 1. The Morgan fingerprint density at radius 3 is 2.14 bits per heavy atom. The van der Waals surface area contributed by atoms with Gasteiger partial charge in [-0.15, -0.1) is 0 Å². The van der Waals surface area contributed by atoms with Crippen molar-refractivity contribution in [1.29, 1.82) is 0 Å². The van der Waals surface area contributed by atoms with E-state index in [2.05, 4.69) is 20.9 Å². The van der Waals surface area contributed by atoms with Crippen LogP contribution in [0, 0.1) is 5.82 Å². The fourth-order valence-corrected chi connectivity index (χ4v) is 2.93. The van der Waals surface area contributed by atoms with Gasteiger partial charge in [0.1, 0.15) is 5.82 Å². The van der Waals surface area contributed by atoms with E-state index in [1.54, 1.807) is 0 Å². The highest BCUT2D eigenvalue weighted by Gasteiger charge is 2.20. The average molecular weight is 407 g/mol. The molecule has 3 N–H and O–H groups in total. The molecule has 1 heterocycles. The van der Waals surface area contributed by atoms with Gasteiger partial charge in [-0.3, -0.25) is 19.8 Å². The van der Waals surface area contributed by atoms with Crippen LogP contribution in [-0.2, 0) is 9.59 Å². The van der Waals surface area contributed by atoms with Crippen LogP contribution >= 0.6 is 0 Å². The number of imide groups is 1. The molecule has 8 nitrogen and oxygen atoms in total. The number of carbonyl (C=O) groups excluding carboxylic acids is 3. The molecule has 0 radical (unpaired) electrons. The minimum absolute atomic E-state index is 0.144. The second kappa shape index (κ2) is 10.3. The summed E-state index contributed by atoms with van der Waals surface area (Å²) in [6, 6.07) is 5.17. The van der Waals surface area contributed by atoms with Gasteiger partial charge in [-0.2, -0.15) is 0 Å². The van der Waals surface area contributed by atoms with Gasteiger partial charge < -0.3 is 15.5 Å². The minimum Gasteiger partial charge on any atom is -0.333 e. The normalized spacial score (nSPS) is 15.6. The van der Waals surface area contributed by atoms with Gasteiger partial charge in [-0.05, 0) is 45.0 Å². The van der Waals surface area contributed by atoms with Crippen molar-refractivity contribution in [1.82, 2.24) is 20.4 Å². The number of hydrogen-bond donors (Lipinski definition) is 3. The van der Waals surface area contributed by atoms with Gasteiger partial charge in [0, 0.05) is 50.4 Å². The van der Waals surface area contributed by atoms with Crippen molar-refractivity contribution < 1.29 is 18.8 Å². The summed E-state index contributed by atoms with van der Waals surface area (Å²) in [6.45, 7) is 9.26. The van der Waals surface area contributed by atoms with Crippen LogP contribution in [0.15, 0.2) is 24.3 Å². The molecule has 1 fully saturated rings. The Labute approximate surface area is 170 Å². The van der Waals surface area contributed by atoms with Crippen molar-refractivity contribution in [2.75, 3.05) is 44.6 Å². The Bertz CT molecular complexity index is 710. The van der Waals surface area contributed by atoms with Crippen molar-refractivity contribution >= 4 is 23.5 Å². The fraction of sp³-hybridized carbons (Fsp3) is 0.550. The predicted octanol–water partition coefficient (Wildman–Crippen LogP) is 1.40. The van der Waals surface area contributed by atoms with E-state index in [0.29, 0.717) is 25.3 Å². The Kier molecular flexibility index (Phi) is 8.10. The van der Waals surface area contributed by atoms with Crippen molar-refractivity contribution in [2.45, 2.75) is 32.7 Å². The Morgan fingerprint density at radius 1 is 0.966 bits per heavy atom. The van der Waals surface area contributed by atoms with Crippen molar-refractivity contribution in [2.24, 2.45) is 0 Å². The number of hydrogen-bond acceptors (Lipinski definition) is 5. The molecule has 9 heteroatoms. The van der Waals surface area contributed by atoms with Crippen LogP contribution in [0.3, 0.4) is 0 Å². The molecule has 1 aromatic carbocycles. The lowest BCUT2D eigenvalue weighted by Crippen LogP contribution is -2.50. The van der Waals surface area contributed by atoms with Crippen molar-refractivity contribution in [3.63, 3.8) is 0 Å². The molecule has 0 aliphatic carbocycles. The second-order valence-electron chi connectivity index (χ2n) is 8.18. The van der Waals surface area contributed by atoms with E-state index in [4.69, 9.17) is 0 Å². The standard InChI is InChI=1S/C20H30FN5O3/c1-20(2,3)24-19(29)23-17(27)8-9-25-10-12-26(13-11-25)14-18(28)22-16-6-4-15(21)5-7-16/h4-7H,8-14H2,1-3H3,(H,22,28)(H2,23,24,27,29). The lowest BCUT2D eigenvalue weighted by molar-refractivity contribution is -0.120. The van der Waals surface area contributed by atoms with Crippen LogP contribution in [0.4, 0.5) is 14.9 Å². The number of urea groups is 1. The van der Waals surface area contributed by atoms with Crippen LogP contribution in [0.25, 0.3) is 0 Å². The maximum Gasteiger partial charge on any atom is 0.321 e. The van der Waals surface area contributed by atoms with E-state index < -0.39 is 11.6 Å². The van der Waals surface area contributed by atoms with Gasteiger partial charge in [0.2, 0.25) is 11.8 Å². The Hall–Kier alpha value is -2.52. The van der Waals surface area contributed by atoms with E-state index in [-0.39, 0.29) is 30.6 Å². The highest BCUT2D eigenvalue weighted by molar-refractivity contribution is 5.94. The van der Waals surface area contributed by atoms with Crippen LogP contribution in [-0.4, -0.2) is 72.5 Å². The second-order valence-corrected chi connectivity index (χ2v) is 8.18. The van der Waals surface area contributed by atoms with Crippen LogP contribution in [0.2, 0.25) is 0 Å². The molecule has 0 atom stereocenters. The molecular weight excluding hydrogens is 377 g/mol. The largest absolute Gasteiger partial charge is 0.333 e. The maximum atomic E-state index is 12.9. The zero-order valence-corrected chi connectivity index (χ0v) is 17.3. The van der Waals surface area contributed by atoms with Gasteiger partial charge in [0.05, 0.1) is 6.54 Å². The third kappa shape index (κ3) is 9.01. The summed E-state index contributed by atoms with van der Waals surface area (Å²) in [6.07, 6.45) is 0.239. The summed E-state index contributed by atoms with van der Waals surface area (Å²) in [5.41, 5.74) is 0.167. The third-order valence-corrected chi connectivity index (χ3v) is 4.36. The molecule has 1 aliphatic heterocycles. The van der Waals surface area contributed by atoms with E-state index in [1.165, 1.54) is 24.3 Å². The van der Waals surface area contributed by atoms with Gasteiger partial charge in [-0.25, -0.2) is 9.18 Å². The Morgan fingerprint density at radius 2 is 1.55 bits per heavy atom. The SMILES string of the molecule is CC(C)(C)NC(=O)NC(=O)CCN1CCN(CC(=O)Nc2ccc(F)cc2)CC1. The first-order valence-corrected chi connectivity index (χ1v) is 9.73. The monoisotopic (exact) mass is 407 g/mol. The molecule has 0 unspecified atom stereocenters. The number of amides is 4. The minimum atomic E-state index is -0.487. The lowest BCUT2D eigenvalue weighted by atomic mass is 10.1. The number of rotatable bonds is 6. The Balaban J connectivity index is 1.63. The number of nitrogens with zero attached hydrogens (tertiary/aromatic N) is 2. The number of carbonyl (C=O) groups is 3. The molecule has 4 amide bonds. The summed E-state index contributed by atoms with van der Waals surface area (Å²) in [5.74, 6) is -0.801. The molecule has 1 aliphatic rings. The predicted molar refractivity (Wildman–Crippen MR) is 109 cm³/mol. The summed E-state index contributed by atoms with van der Waals surface area (Å²) < 4.78 is 12.9. The molecule has 0 spiro atoms. The molecule has 0 bridgehead atoms. The van der Waals surface area contributed by atoms with E-state index in [9.17, 15) is 18.8 Å². The maximum absolute atomic E-state index is 12.9. The summed E-state index contributed by atoms with van der Waals surface area (Å²) in [7, 11) is 0. The van der Waals surface area contributed by atoms with Crippen molar-refractivity contribution in [3.05, 3.63) is 30.1 Å². The molecule has 2 rings (SSSR count). The first kappa shape index (κ1) is 22.8. The fourth-order valence-electron chi connectivity index (χ4n) is 2.93. The van der Waals surface area contributed by atoms with Gasteiger partial charge in [-0.1, -0.05) is 0 Å². The van der Waals surface area contributed by atoms with E-state index in [1.807, 2.05) is 25.7 Å². The summed E-state index contributed by atoms with van der Waals surface area (Å²) >= 11 is 0. The zero-order valence-electron chi connectivity index (χ0n) is 17.3. The van der Waals surface area contributed by atoms with Gasteiger partial charge in [0.15, 0.2) is 0 Å². The number of halogens is 1. The van der Waals surface area contributed by atoms with Gasteiger partial charge in [0.25, 0.3) is 0 Å². The first-order valence-electron chi connectivity index (χ1n) is 9.73. The molecule has 0 aromatic heterocycles. The smallest absolute Gasteiger partial charge is 0.321 e. The first-order chi connectivity index (χ1) is 13.6. The lowest BCUT2D eigenvalue weighted by Gasteiger charge is -2.34. The number of piperazine rings is 1. The zero-order chi connectivity index (χ0) is 21.4. The van der Waals surface area contributed by atoms with Gasteiger partial charge >= 0.3 is 6.03 Å². The highest BCUT2D eigenvalue weighted by atomic mass is 19.1. The topological polar surface area (TPSA) is 93.8 Å². The number of benzene rings is 1. The number of nitrogens with one attached hydrogen (secondary N) is 3.